The Kier molecular flexibility index (Phi) is 5.81. The summed E-state index contributed by atoms with van der Waals surface area (Å²) < 4.78 is 5.66. The van der Waals surface area contributed by atoms with Gasteiger partial charge < -0.3 is 9.64 Å². The minimum Gasteiger partial charge on any atom is -0.491 e. The monoisotopic (exact) mass is 393 g/mol. The van der Waals surface area contributed by atoms with Gasteiger partial charge in [0.2, 0.25) is 11.8 Å². The van der Waals surface area contributed by atoms with Crippen LogP contribution in [0.2, 0.25) is 0 Å². The largest absolute Gasteiger partial charge is 0.491 e. The molecule has 2 aromatic rings. The van der Waals surface area contributed by atoms with Crippen molar-refractivity contribution >= 4 is 17.5 Å². The second-order valence-corrected chi connectivity index (χ2v) is 7.69. The molecule has 2 aromatic carbocycles. The van der Waals surface area contributed by atoms with Gasteiger partial charge in [0.15, 0.2) is 0 Å². The lowest BCUT2D eigenvalue weighted by molar-refractivity contribution is -0.133. The van der Waals surface area contributed by atoms with Crippen molar-refractivity contribution in [3.8, 4) is 5.75 Å². The summed E-state index contributed by atoms with van der Waals surface area (Å²) in [6.45, 7) is 6.47. The molecule has 6 nitrogen and oxygen atoms in total. The summed E-state index contributed by atoms with van der Waals surface area (Å²) in [7, 11) is 0. The number of hydrogen-bond donors (Lipinski definition) is 0. The van der Waals surface area contributed by atoms with Crippen LogP contribution < -0.4 is 9.64 Å². The fourth-order valence-electron chi connectivity index (χ4n) is 3.95. The molecule has 2 heterocycles. The SMILES string of the molecule is Cc1cccc(CN2CCN(C(=O)CN3C(=O)CCOc4ccccc43)CC2)c1. The molecule has 0 aliphatic carbocycles. The van der Waals surface area contributed by atoms with E-state index in [4.69, 9.17) is 4.74 Å². The minimum absolute atomic E-state index is 0.00902. The standard InChI is InChI=1S/C23H27N3O3/c1-18-5-4-6-19(15-18)16-24-10-12-25(13-11-24)23(28)17-26-20-7-2-3-8-21(20)29-14-9-22(26)27/h2-8,15H,9-14,16-17H2,1H3. The van der Waals surface area contributed by atoms with E-state index < -0.39 is 0 Å². The Balaban J connectivity index is 1.36. The van der Waals surface area contributed by atoms with Crippen LogP contribution in [0.4, 0.5) is 5.69 Å². The molecule has 29 heavy (non-hydrogen) atoms. The van der Waals surface area contributed by atoms with Gasteiger partial charge in [-0.3, -0.25) is 19.4 Å². The van der Waals surface area contributed by atoms with Crippen LogP contribution >= 0.6 is 0 Å². The van der Waals surface area contributed by atoms with Gasteiger partial charge in [-0.05, 0) is 24.6 Å². The van der Waals surface area contributed by atoms with Gasteiger partial charge in [-0.1, -0.05) is 42.0 Å². The van der Waals surface area contributed by atoms with Crippen LogP contribution in [-0.2, 0) is 16.1 Å². The van der Waals surface area contributed by atoms with Gasteiger partial charge in [0, 0.05) is 32.7 Å². The number of carbonyl (C=O) groups excluding carboxylic acids is 2. The average Bonchev–Trinajstić information content (AvgIpc) is 2.87. The highest BCUT2D eigenvalue weighted by atomic mass is 16.5. The van der Waals surface area contributed by atoms with E-state index in [0.29, 0.717) is 31.1 Å². The smallest absolute Gasteiger partial charge is 0.242 e. The van der Waals surface area contributed by atoms with E-state index in [-0.39, 0.29) is 24.8 Å². The Morgan fingerprint density at radius 3 is 2.62 bits per heavy atom. The number of anilines is 1. The summed E-state index contributed by atoms with van der Waals surface area (Å²) >= 11 is 0. The summed E-state index contributed by atoms with van der Waals surface area (Å²) in [4.78, 5) is 31.3. The first-order valence-corrected chi connectivity index (χ1v) is 10.2. The van der Waals surface area contributed by atoms with Crippen molar-refractivity contribution < 1.29 is 14.3 Å². The molecule has 0 N–H and O–H groups in total. The predicted octanol–water partition coefficient (Wildman–Crippen LogP) is 2.45. The van der Waals surface area contributed by atoms with Crippen molar-refractivity contribution in [3.05, 3.63) is 59.7 Å². The Bertz CT molecular complexity index is 890. The van der Waals surface area contributed by atoms with Crippen LogP contribution in [0.1, 0.15) is 17.5 Å². The number of rotatable bonds is 4. The molecule has 4 rings (SSSR count). The number of fused-ring (bicyclic) bond motifs is 1. The molecular formula is C23H27N3O3. The van der Waals surface area contributed by atoms with Crippen LogP contribution in [0, 0.1) is 6.92 Å². The number of benzene rings is 2. The first-order valence-electron chi connectivity index (χ1n) is 10.2. The molecule has 0 unspecified atom stereocenters. The van der Waals surface area contributed by atoms with Gasteiger partial charge in [-0.25, -0.2) is 0 Å². The second kappa shape index (κ2) is 8.66. The number of carbonyl (C=O) groups is 2. The molecule has 0 bridgehead atoms. The van der Waals surface area contributed by atoms with Crippen LogP contribution in [0.15, 0.2) is 48.5 Å². The van der Waals surface area contributed by atoms with Gasteiger partial charge in [0.25, 0.3) is 0 Å². The third-order valence-corrected chi connectivity index (χ3v) is 5.54. The molecule has 0 saturated carbocycles. The molecule has 0 aromatic heterocycles. The molecule has 2 amide bonds. The number of hydrogen-bond acceptors (Lipinski definition) is 4. The summed E-state index contributed by atoms with van der Waals surface area (Å²) in [5.41, 5.74) is 3.25. The molecule has 1 saturated heterocycles. The number of ether oxygens (including phenoxy) is 1. The average molecular weight is 393 g/mol. The molecular weight excluding hydrogens is 366 g/mol. The van der Waals surface area contributed by atoms with E-state index in [9.17, 15) is 9.59 Å². The maximum absolute atomic E-state index is 12.9. The lowest BCUT2D eigenvalue weighted by atomic mass is 10.1. The topological polar surface area (TPSA) is 53.1 Å². The van der Waals surface area contributed by atoms with E-state index in [1.165, 1.54) is 11.1 Å². The molecule has 0 spiro atoms. The molecule has 152 valence electrons. The third-order valence-electron chi connectivity index (χ3n) is 5.54. The second-order valence-electron chi connectivity index (χ2n) is 7.69. The van der Waals surface area contributed by atoms with Gasteiger partial charge >= 0.3 is 0 Å². The quantitative estimate of drug-likeness (QED) is 0.801. The van der Waals surface area contributed by atoms with Crippen molar-refractivity contribution in [3.63, 3.8) is 0 Å². The zero-order chi connectivity index (χ0) is 20.2. The number of para-hydroxylation sites is 2. The first-order chi connectivity index (χ1) is 14.1. The van der Waals surface area contributed by atoms with E-state index in [1.807, 2.05) is 29.2 Å². The van der Waals surface area contributed by atoms with Gasteiger partial charge in [0.1, 0.15) is 12.3 Å². The lowest BCUT2D eigenvalue weighted by Gasteiger charge is -2.35. The van der Waals surface area contributed by atoms with Crippen molar-refractivity contribution in [2.24, 2.45) is 0 Å². The maximum Gasteiger partial charge on any atom is 0.242 e. The highest BCUT2D eigenvalue weighted by molar-refractivity contribution is 6.00. The first kappa shape index (κ1) is 19.5. The highest BCUT2D eigenvalue weighted by Gasteiger charge is 2.28. The number of piperazine rings is 1. The number of amides is 2. The summed E-state index contributed by atoms with van der Waals surface area (Å²) in [5.74, 6) is 0.584. The zero-order valence-electron chi connectivity index (χ0n) is 16.8. The summed E-state index contributed by atoms with van der Waals surface area (Å²) in [5, 5.41) is 0. The Morgan fingerprint density at radius 1 is 1.03 bits per heavy atom. The molecule has 0 atom stereocenters. The Hall–Kier alpha value is -2.86. The zero-order valence-corrected chi connectivity index (χ0v) is 16.8. The van der Waals surface area contributed by atoms with Crippen LogP contribution in [0.5, 0.6) is 5.75 Å². The predicted molar refractivity (Wildman–Crippen MR) is 112 cm³/mol. The molecule has 1 fully saturated rings. The third kappa shape index (κ3) is 4.59. The molecule has 2 aliphatic heterocycles. The van der Waals surface area contributed by atoms with Crippen molar-refractivity contribution in [1.29, 1.82) is 0 Å². The van der Waals surface area contributed by atoms with Crippen LogP contribution in [0.25, 0.3) is 0 Å². The van der Waals surface area contributed by atoms with E-state index >= 15 is 0 Å². The fraction of sp³-hybridized carbons (Fsp3) is 0.391. The Labute approximate surface area is 171 Å². The van der Waals surface area contributed by atoms with Gasteiger partial charge in [0.05, 0.1) is 18.7 Å². The van der Waals surface area contributed by atoms with Crippen molar-refractivity contribution in [2.75, 3.05) is 44.2 Å². The fourth-order valence-corrected chi connectivity index (χ4v) is 3.95. The number of nitrogens with zero attached hydrogens (tertiary/aromatic N) is 3. The lowest BCUT2D eigenvalue weighted by Crippen LogP contribution is -2.51. The molecule has 2 aliphatic rings. The van der Waals surface area contributed by atoms with E-state index in [2.05, 4.69) is 36.1 Å². The van der Waals surface area contributed by atoms with Gasteiger partial charge in [-0.15, -0.1) is 0 Å². The summed E-state index contributed by atoms with van der Waals surface area (Å²) in [6.07, 6.45) is 0.284. The highest BCUT2D eigenvalue weighted by Crippen LogP contribution is 2.30. The summed E-state index contributed by atoms with van der Waals surface area (Å²) in [6, 6.07) is 16.0. The van der Waals surface area contributed by atoms with Crippen molar-refractivity contribution in [1.82, 2.24) is 9.80 Å². The van der Waals surface area contributed by atoms with E-state index in [0.717, 1.165) is 19.6 Å². The number of aryl methyl sites for hydroxylation is 1. The van der Waals surface area contributed by atoms with Crippen LogP contribution in [-0.4, -0.2) is 60.9 Å². The van der Waals surface area contributed by atoms with Crippen molar-refractivity contribution in [2.45, 2.75) is 19.9 Å². The Morgan fingerprint density at radius 2 is 1.83 bits per heavy atom. The van der Waals surface area contributed by atoms with Gasteiger partial charge in [-0.2, -0.15) is 0 Å². The van der Waals surface area contributed by atoms with Crippen LogP contribution in [0.3, 0.4) is 0 Å². The molecule has 6 heteroatoms. The maximum atomic E-state index is 12.9. The normalized spacial score (nSPS) is 17.5. The molecule has 0 radical (unpaired) electrons. The van der Waals surface area contributed by atoms with E-state index in [1.54, 1.807) is 4.90 Å². The minimum atomic E-state index is -0.0682.